The van der Waals surface area contributed by atoms with Crippen molar-refractivity contribution < 1.29 is 9.47 Å². The van der Waals surface area contributed by atoms with Gasteiger partial charge in [0.1, 0.15) is 16.9 Å². The van der Waals surface area contributed by atoms with Gasteiger partial charge in [0.25, 0.3) is 0 Å². The molecule has 1 heterocycles. The third-order valence-electron chi connectivity index (χ3n) is 3.96. The Kier molecular flexibility index (Phi) is 5.93. The average Bonchev–Trinajstić information content (AvgIpc) is 3.12. The Morgan fingerprint density at radius 3 is 2.60 bits per heavy atom. The number of thioether (sulfide) groups is 1. The van der Waals surface area contributed by atoms with Gasteiger partial charge in [0.2, 0.25) is 0 Å². The second-order valence-corrected chi connectivity index (χ2v) is 7.45. The average molecular weight is 395 g/mol. The maximum absolute atomic E-state index is 6.19. The largest absolute Gasteiger partial charge is 0.497 e. The number of ether oxygens (including phenoxy) is 2. The first kappa shape index (κ1) is 18.2. The van der Waals surface area contributed by atoms with Gasteiger partial charge in [-0.15, -0.1) is 11.8 Å². The molecule has 25 heavy (non-hydrogen) atoms. The molecule has 4 nitrogen and oxygen atoms in total. The third kappa shape index (κ3) is 4.14. The van der Waals surface area contributed by atoms with Crippen LogP contribution in [0.1, 0.15) is 10.9 Å². The van der Waals surface area contributed by atoms with Gasteiger partial charge in [-0.05, 0) is 48.1 Å². The molecule has 0 radical (unpaired) electrons. The quantitative estimate of drug-likeness (QED) is 0.750. The number of halogens is 1. The zero-order valence-corrected chi connectivity index (χ0v) is 16.4. The first-order valence-electron chi connectivity index (χ1n) is 7.79. The number of nitrogens with one attached hydrogen (secondary N) is 1. The number of nitrogens with zero attached hydrogens (tertiary/aromatic N) is 1. The second kappa shape index (κ2) is 8.17. The molecule has 1 saturated heterocycles. The van der Waals surface area contributed by atoms with E-state index < -0.39 is 0 Å². The van der Waals surface area contributed by atoms with E-state index in [1.165, 1.54) is 5.56 Å². The molecule has 1 N–H and O–H groups in total. The Morgan fingerprint density at radius 2 is 1.96 bits per heavy atom. The fourth-order valence-corrected chi connectivity index (χ4v) is 4.57. The van der Waals surface area contributed by atoms with Gasteiger partial charge in [0.05, 0.1) is 19.2 Å². The molecule has 2 aromatic carbocycles. The SMILES string of the molecule is COc1ccc(C2SCCN2C(=S)Nc2ccc(OC)c(Cl)c2)cc1. The Bertz CT molecular complexity index is 755. The lowest BCUT2D eigenvalue weighted by Crippen LogP contribution is -2.34. The molecule has 3 rings (SSSR count). The minimum absolute atomic E-state index is 0.194. The summed E-state index contributed by atoms with van der Waals surface area (Å²) in [5.41, 5.74) is 2.06. The van der Waals surface area contributed by atoms with Crippen LogP contribution in [0, 0.1) is 0 Å². The Hall–Kier alpha value is -1.63. The lowest BCUT2D eigenvalue weighted by molar-refractivity contribution is 0.413. The fourth-order valence-electron chi connectivity index (χ4n) is 2.66. The highest BCUT2D eigenvalue weighted by Gasteiger charge is 2.28. The van der Waals surface area contributed by atoms with E-state index in [9.17, 15) is 0 Å². The van der Waals surface area contributed by atoms with Crippen LogP contribution in [0.5, 0.6) is 11.5 Å². The van der Waals surface area contributed by atoms with E-state index in [2.05, 4.69) is 22.3 Å². The van der Waals surface area contributed by atoms with Crippen molar-refractivity contribution in [1.82, 2.24) is 4.90 Å². The maximum atomic E-state index is 6.19. The van der Waals surface area contributed by atoms with Gasteiger partial charge in [0.15, 0.2) is 5.11 Å². The number of hydrogen-bond donors (Lipinski definition) is 1. The first-order chi connectivity index (χ1) is 12.1. The lowest BCUT2D eigenvalue weighted by atomic mass is 10.2. The molecule has 1 fully saturated rings. The van der Waals surface area contributed by atoms with E-state index in [4.69, 9.17) is 33.3 Å². The van der Waals surface area contributed by atoms with Crippen molar-refractivity contribution in [2.75, 3.05) is 31.8 Å². The van der Waals surface area contributed by atoms with E-state index >= 15 is 0 Å². The highest BCUT2D eigenvalue weighted by molar-refractivity contribution is 7.99. The van der Waals surface area contributed by atoms with E-state index in [1.807, 2.05) is 42.1 Å². The van der Waals surface area contributed by atoms with Crippen LogP contribution in [0.25, 0.3) is 0 Å². The van der Waals surface area contributed by atoms with Crippen LogP contribution in [0.2, 0.25) is 5.02 Å². The Labute approximate surface area is 162 Å². The predicted octanol–water partition coefficient (Wildman–Crippen LogP) is 4.80. The monoisotopic (exact) mass is 394 g/mol. The third-order valence-corrected chi connectivity index (χ3v) is 5.85. The summed E-state index contributed by atoms with van der Waals surface area (Å²) in [6, 6.07) is 13.7. The lowest BCUT2D eigenvalue weighted by Gasteiger charge is -2.27. The molecule has 0 amide bonds. The van der Waals surface area contributed by atoms with Crippen LogP contribution in [-0.2, 0) is 0 Å². The highest BCUT2D eigenvalue weighted by Crippen LogP contribution is 2.39. The van der Waals surface area contributed by atoms with Crippen molar-refractivity contribution in [2.24, 2.45) is 0 Å². The summed E-state index contributed by atoms with van der Waals surface area (Å²) in [4.78, 5) is 2.19. The van der Waals surface area contributed by atoms with Crippen molar-refractivity contribution in [3.63, 3.8) is 0 Å². The van der Waals surface area contributed by atoms with Gasteiger partial charge in [-0.2, -0.15) is 0 Å². The summed E-state index contributed by atoms with van der Waals surface area (Å²) in [6.07, 6.45) is 0. The Morgan fingerprint density at radius 1 is 1.20 bits per heavy atom. The number of rotatable bonds is 4. The molecule has 0 aliphatic carbocycles. The van der Waals surface area contributed by atoms with Crippen LogP contribution in [0.4, 0.5) is 5.69 Å². The number of methoxy groups -OCH3 is 2. The van der Waals surface area contributed by atoms with E-state index in [0.29, 0.717) is 15.9 Å². The molecule has 7 heteroatoms. The number of anilines is 1. The van der Waals surface area contributed by atoms with Gasteiger partial charge < -0.3 is 19.7 Å². The summed E-state index contributed by atoms with van der Waals surface area (Å²) >= 11 is 13.7. The van der Waals surface area contributed by atoms with E-state index in [0.717, 1.165) is 23.7 Å². The molecular formula is C18H19ClN2O2S2. The van der Waals surface area contributed by atoms with Crippen LogP contribution in [0.3, 0.4) is 0 Å². The topological polar surface area (TPSA) is 33.7 Å². The summed E-state index contributed by atoms with van der Waals surface area (Å²) < 4.78 is 10.4. The molecule has 0 aromatic heterocycles. The molecule has 1 atom stereocenters. The zero-order valence-electron chi connectivity index (χ0n) is 14.0. The van der Waals surface area contributed by atoms with Crippen LogP contribution in [0.15, 0.2) is 42.5 Å². The molecule has 132 valence electrons. The van der Waals surface area contributed by atoms with E-state index in [-0.39, 0.29) is 5.37 Å². The molecule has 1 aliphatic rings. The summed E-state index contributed by atoms with van der Waals surface area (Å²) in [7, 11) is 3.27. The number of hydrogen-bond acceptors (Lipinski definition) is 4. The molecule has 0 saturated carbocycles. The minimum atomic E-state index is 0.194. The molecule has 2 aromatic rings. The van der Waals surface area contributed by atoms with Crippen molar-refractivity contribution in [1.29, 1.82) is 0 Å². The van der Waals surface area contributed by atoms with Crippen molar-refractivity contribution in [3.05, 3.63) is 53.1 Å². The smallest absolute Gasteiger partial charge is 0.174 e. The van der Waals surface area contributed by atoms with Gasteiger partial charge in [-0.3, -0.25) is 0 Å². The number of benzene rings is 2. The van der Waals surface area contributed by atoms with Crippen LogP contribution in [-0.4, -0.2) is 36.5 Å². The van der Waals surface area contributed by atoms with Gasteiger partial charge in [-0.25, -0.2) is 0 Å². The fraction of sp³-hybridized carbons (Fsp3) is 0.278. The molecule has 1 aliphatic heterocycles. The zero-order chi connectivity index (χ0) is 17.8. The summed E-state index contributed by atoms with van der Waals surface area (Å²) in [5, 5.41) is 4.71. The molecule has 0 bridgehead atoms. The van der Waals surface area contributed by atoms with Crippen LogP contribution < -0.4 is 14.8 Å². The molecule has 0 spiro atoms. The predicted molar refractivity (Wildman–Crippen MR) is 109 cm³/mol. The molecule has 1 unspecified atom stereocenters. The van der Waals surface area contributed by atoms with Gasteiger partial charge in [0, 0.05) is 18.0 Å². The normalized spacial score (nSPS) is 16.6. The maximum Gasteiger partial charge on any atom is 0.174 e. The van der Waals surface area contributed by atoms with Crippen molar-refractivity contribution in [3.8, 4) is 11.5 Å². The van der Waals surface area contributed by atoms with Crippen molar-refractivity contribution >= 4 is 46.4 Å². The minimum Gasteiger partial charge on any atom is -0.497 e. The Balaban J connectivity index is 1.72. The molecular weight excluding hydrogens is 376 g/mol. The van der Waals surface area contributed by atoms with E-state index in [1.54, 1.807) is 14.2 Å². The summed E-state index contributed by atoms with van der Waals surface area (Å²) in [5.74, 6) is 2.53. The number of thiocarbonyl (C=S) groups is 1. The summed E-state index contributed by atoms with van der Waals surface area (Å²) in [6.45, 7) is 0.900. The second-order valence-electron chi connectivity index (χ2n) is 5.47. The van der Waals surface area contributed by atoms with Gasteiger partial charge >= 0.3 is 0 Å². The first-order valence-corrected chi connectivity index (χ1v) is 9.62. The van der Waals surface area contributed by atoms with Crippen LogP contribution >= 0.6 is 35.6 Å². The van der Waals surface area contributed by atoms with Crippen molar-refractivity contribution in [2.45, 2.75) is 5.37 Å². The standard InChI is InChI=1S/C18H19ClN2O2S2/c1-22-14-6-3-12(4-7-14)17-21(9-10-25-17)18(24)20-13-5-8-16(23-2)15(19)11-13/h3-8,11,17H,9-10H2,1-2H3,(H,20,24). The van der Waals surface area contributed by atoms with Gasteiger partial charge in [-0.1, -0.05) is 23.7 Å². The highest BCUT2D eigenvalue weighted by atomic mass is 35.5.